The lowest BCUT2D eigenvalue weighted by Crippen LogP contribution is -2.50. The van der Waals surface area contributed by atoms with Gasteiger partial charge in [-0.05, 0) is 39.7 Å². The monoisotopic (exact) mass is 338 g/mol. The molecule has 2 N–H and O–H groups in total. The molecule has 0 bridgehead atoms. The van der Waals surface area contributed by atoms with Gasteiger partial charge in [-0.25, -0.2) is 4.79 Å². The average molecular weight is 338 g/mol. The number of amides is 1. The summed E-state index contributed by atoms with van der Waals surface area (Å²) in [6, 6.07) is 7.38. The highest BCUT2D eigenvalue weighted by Crippen LogP contribution is 2.13. The van der Waals surface area contributed by atoms with E-state index in [0.717, 1.165) is 5.56 Å². The number of nitrogens with one attached hydrogen (secondary N) is 1. The van der Waals surface area contributed by atoms with E-state index in [9.17, 15) is 20.0 Å². The number of alkyl carbamates (subject to hydrolysis) is 1. The summed E-state index contributed by atoms with van der Waals surface area (Å²) in [5, 5.41) is 24.0. The highest BCUT2D eigenvalue weighted by atomic mass is 16.6. The first-order valence-corrected chi connectivity index (χ1v) is 7.95. The summed E-state index contributed by atoms with van der Waals surface area (Å²) >= 11 is 0. The Hall–Kier alpha value is -2.15. The Kier molecular flexibility index (Phi) is 7.16. The van der Waals surface area contributed by atoms with Gasteiger partial charge in [0.1, 0.15) is 11.7 Å². The number of aryl methyl sites for hydroxylation is 1. The van der Waals surface area contributed by atoms with E-state index < -0.39 is 34.8 Å². The Morgan fingerprint density at radius 1 is 1.33 bits per heavy atom. The van der Waals surface area contributed by atoms with E-state index in [-0.39, 0.29) is 6.42 Å². The first-order chi connectivity index (χ1) is 11.1. The van der Waals surface area contributed by atoms with Crippen LogP contribution >= 0.6 is 0 Å². The topological polar surface area (TPSA) is 102 Å². The molecule has 0 aromatic heterocycles. The third kappa shape index (κ3) is 6.95. The lowest BCUT2D eigenvalue weighted by molar-refractivity contribution is -0.536. The molecule has 0 aliphatic heterocycles. The number of ether oxygens (including phenoxy) is 1. The van der Waals surface area contributed by atoms with Crippen LogP contribution < -0.4 is 5.32 Å². The number of hydrogen-bond donors (Lipinski definition) is 2. The van der Waals surface area contributed by atoms with Crippen LogP contribution in [0.2, 0.25) is 0 Å². The van der Waals surface area contributed by atoms with Crippen LogP contribution in [0.3, 0.4) is 0 Å². The summed E-state index contributed by atoms with van der Waals surface area (Å²) in [5.74, 6) is 0. The van der Waals surface area contributed by atoms with Crippen molar-refractivity contribution in [1.29, 1.82) is 0 Å². The lowest BCUT2D eigenvalue weighted by Gasteiger charge is -2.25. The maximum atomic E-state index is 11.7. The molecule has 1 aromatic carbocycles. The van der Waals surface area contributed by atoms with Crippen molar-refractivity contribution in [3.05, 3.63) is 46.0 Å². The zero-order valence-electron chi connectivity index (χ0n) is 14.6. The second kappa shape index (κ2) is 8.63. The van der Waals surface area contributed by atoms with Crippen LogP contribution in [0.5, 0.6) is 0 Å². The fraction of sp³-hybridized carbons (Fsp3) is 0.588. The van der Waals surface area contributed by atoms with Crippen molar-refractivity contribution in [2.24, 2.45) is 0 Å². The third-order valence-corrected chi connectivity index (χ3v) is 3.49. The first-order valence-electron chi connectivity index (χ1n) is 7.95. The highest BCUT2D eigenvalue weighted by Gasteiger charge is 2.35. The average Bonchev–Trinajstić information content (AvgIpc) is 2.45. The van der Waals surface area contributed by atoms with E-state index in [1.54, 1.807) is 20.8 Å². The molecule has 0 spiro atoms. The third-order valence-electron chi connectivity index (χ3n) is 3.49. The number of aliphatic hydroxyl groups excluding tert-OH is 1. The van der Waals surface area contributed by atoms with Gasteiger partial charge in [0.05, 0.1) is 6.04 Å². The number of benzene rings is 1. The highest BCUT2D eigenvalue weighted by molar-refractivity contribution is 5.68. The van der Waals surface area contributed by atoms with Gasteiger partial charge in [-0.1, -0.05) is 30.3 Å². The molecule has 7 nitrogen and oxygen atoms in total. The second-order valence-electron chi connectivity index (χ2n) is 6.80. The number of nitrogens with zero attached hydrogens (tertiary/aromatic N) is 1. The van der Waals surface area contributed by atoms with E-state index in [0.29, 0.717) is 6.42 Å². The number of nitro groups is 1. The molecule has 7 heteroatoms. The Morgan fingerprint density at radius 3 is 2.42 bits per heavy atom. The van der Waals surface area contributed by atoms with Gasteiger partial charge >= 0.3 is 6.09 Å². The molecule has 24 heavy (non-hydrogen) atoms. The van der Waals surface area contributed by atoms with Crippen molar-refractivity contribution in [3.8, 4) is 0 Å². The Balaban J connectivity index is 2.63. The van der Waals surface area contributed by atoms with E-state index in [1.165, 1.54) is 6.92 Å². The van der Waals surface area contributed by atoms with Crippen LogP contribution in [0.4, 0.5) is 4.79 Å². The maximum absolute atomic E-state index is 11.7. The molecule has 1 amide bonds. The summed E-state index contributed by atoms with van der Waals surface area (Å²) in [5.41, 5.74) is 0.286. The minimum Gasteiger partial charge on any atom is -0.444 e. The lowest BCUT2D eigenvalue weighted by atomic mass is 9.98. The minimum atomic E-state index is -1.31. The molecular weight excluding hydrogens is 312 g/mol. The fourth-order valence-corrected chi connectivity index (χ4v) is 2.27. The van der Waals surface area contributed by atoms with Crippen LogP contribution in [-0.4, -0.2) is 39.9 Å². The number of rotatable bonds is 7. The Labute approximate surface area is 142 Å². The summed E-state index contributed by atoms with van der Waals surface area (Å²) in [4.78, 5) is 22.5. The van der Waals surface area contributed by atoms with Crippen LogP contribution in [0.25, 0.3) is 0 Å². The van der Waals surface area contributed by atoms with Crippen molar-refractivity contribution in [3.63, 3.8) is 0 Å². The normalized spacial score (nSPS) is 15.2. The van der Waals surface area contributed by atoms with Gasteiger partial charge in [-0.15, -0.1) is 0 Å². The molecule has 3 atom stereocenters. The molecular formula is C17H26N2O5. The zero-order chi connectivity index (χ0) is 18.3. The number of carbonyl (C=O) groups excluding carboxylic acids is 1. The molecule has 1 aromatic rings. The summed E-state index contributed by atoms with van der Waals surface area (Å²) in [6.07, 6.45) is -1.36. The van der Waals surface area contributed by atoms with E-state index in [1.807, 2.05) is 30.3 Å². The molecule has 0 heterocycles. The summed E-state index contributed by atoms with van der Waals surface area (Å²) < 4.78 is 5.10. The molecule has 0 saturated heterocycles. The second-order valence-corrected chi connectivity index (χ2v) is 6.80. The van der Waals surface area contributed by atoms with Crippen molar-refractivity contribution < 1.29 is 19.6 Å². The fourth-order valence-electron chi connectivity index (χ4n) is 2.27. The van der Waals surface area contributed by atoms with Crippen molar-refractivity contribution in [2.45, 2.75) is 64.3 Å². The van der Waals surface area contributed by atoms with Crippen LogP contribution in [0.1, 0.15) is 39.7 Å². The number of aliphatic hydroxyl groups is 1. The van der Waals surface area contributed by atoms with Crippen molar-refractivity contribution in [2.75, 3.05) is 0 Å². The van der Waals surface area contributed by atoms with E-state index >= 15 is 0 Å². The van der Waals surface area contributed by atoms with Gasteiger partial charge < -0.3 is 15.2 Å². The molecule has 1 rings (SSSR count). The SMILES string of the molecule is C[C@@H](NC(=O)OC(C)(C)C)C(O)C(CCc1ccccc1)[N+](=O)[O-]. The van der Waals surface area contributed by atoms with E-state index in [2.05, 4.69) is 5.32 Å². The molecule has 0 radical (unpaired) electrons. The largest absolute Gasteiger partial charge is 0.444 e. The smallest absolute Gasteiger partial charge is 0.407 e. The van der Waals surface area contributed by atoms with Crippen LogP contribution in [0.15, 0.2) is 30.3 Å². The van der Waals surface area contributed by atoms with Gasteiger partial charge in [-0.3, -0.25) is 10.1 Å². The molecule has 0 aliphatic rings. The minimum absolute atomic E-state index is 0.179. The van der Waals surface area contributed by atoms with Crippen molar-refractivity contribution >= 4 is 6.09 Å². The maximum Gasteiger partial charge on any atom is 0.407 e. The predicted octanol–water partition coefficient (Wildman–Crippen LogP) is 2.54. The predicted molar refractivity (Wildman–Crippen MR) is 90.4 cm³/mol. The van der Waals surface area contributed by atoms with Crippen LogP contribution in [0, 0.1) is 10.1 Å². The van der Waals surface area contributed by atoms with Crippen molar-refractivity contribution in [1.82, 2.24) is 5.32 Å². The molecule has 2 unspecified atom stereocenters. The molecule has 0 saturated carbocycles. The standard InChI is InChI=1S/C17H26N2O5/c1-12(18-16(21)24-17(2,3)4)15(20)14(19(22)23)11-10-13-8-6-5-7-9-13/h5-9,12,14-15,20H,10-11H2,1-4H3,(H,18,21)/t12-,14?,15?/m1/s1. The van der Waals surface area contributed by atoms with Gasteiger partial charge in [0.25, 0.3) is 0 Å². The molecule has 0 aliphatic carbocycles. The quantitative estimate of drug-likeness (QED) is 0.587. The van der Waals surface area contributed by atoms with Gasteiger partial charge in [0, 0.05) is 11.3 Å². The molecule has 134 valence electrons. The Morgan fingerprint density at radius 2 is 1.92 bits per heavy atom. The van der Waals surface area contributed by atoms with Crippen LogP contribution in [-0.2, 0) is 11.2 Å². The summed E-state index contributed by atoms with van der Waals surface area (Å²) in [6.45, 7) is 6.67. The Bertz CT molecular complexity index is 542. The molecule has 0 fully saturated rings. The van der Waals surface area contributed by atoms with Gasteiger partial charge in [0.15, 0.2) is 0 Å². The number of carbonyl (C=O) groups is 1. The van der Waals surface area contributed by atoms with E-state index in [4.69, 9.17) is 4.74 Å². The number of hydrogen-bond acceptors (Lipinski definition) is 5. The van der Waals surface area contributed by atoms with Gasteiger partial charge in [0.2, 0.25) is 6.04 Å². The zero-order valence-corrected chi connectivity index (χ0v) is 14.6. The van der Waals surface area contributed by atoms with Gasteiger partial charge in [-0.2, -0.15) is 0 Å². The summed E-state index contributed by atoms with van der Waals surface area (Å²) in [7, 11) is 0. The first kappa shape index (κ1) is 19.9.